The number of amides is 2. The Morgan fingerprint density at radius 1 is 1.04 bits per heavy atom. The second-order valence-electron chi connectivity index (χ2n) is 5.90. The van der Waals surface area contributed by atoms with Gasteiger partial charge in [0.15, 0.2) is 5.16 Å². The summed E-state index contributed by atoms with van der Waals surface area (Å²) in [6.45, 7) is 3.17. The second-order valence-corrected chi connectivity index (χ2v) is 7.23. The summed E-state index contributed by atoms with van der Waals surface area (Å²) >= 11 is 1.18. The molecule has 0 fully saturated rings. The Morgan fingerprint density at radius 3 is 2.33 bits per heavy atom. The third-order valence-electron chi connectivity index (χ3n) is 3.72. The number of carbonyl (C=O) groups is 2. The van der Waals surface area contributed by atoms with Crippen molar-refractivity contribution in [2.75, 3.05) is 10.6 Å². The lowest BCUT2D eigenvalue weighted by atomic mass is 10.2. The van der Waals surface area contributed by atoms with E-state index in [-0.39, 0.29) is 17.4 Å². The lowest BCUT2D eigenvalue weighted by Crippen LogP contribution is -2.23. The molecule has 0 radical (unpaired) electrons. The molecule has 0 spiro atoms. The quantitative estimate of drug-likeness (QED) is 0.465. The van der Waals surface area contributed by atoms with Crippen molar-refractivity contribution in [1.82, 2.24) is 9.97 Å². The zero-order valence-corrected chi connectivity index (χ0v) is 15.6. The Kier molecular flexibility index (Phi) is 5.56. The van der Waals surface area contributed by atoms with Gasteiger partial charge in [0.2, 0.25) is 11.8 Å². The van der Waals surface area contributed by atoms with Gasteiger partial charge in [-0.25, -0.2) is 4.98 Å². The van der Waals surface area contributed by atoms with Gasteiger partial charge in [0, 0.05) is 18.3 Å². The van der Waals surface area contributed by atoms with Gasteiger partial charge in [-0.05, 0) is 43.3 Å². The van der Waals surface area contributed by atoms with E-state index in [4.69, 9.17) is 0 Å². The smallest absolute Gasteiger partial charge is 0.259 e. The van der Waals surface area contributed by atoms with E-state index >= 15 is 0 Å². The molecule has 8 heteroatoms. The van der Waals surface area contributed by atoms with Crippen molar-refractivity contribution >= 4 is 45.9 Å². The van der Waals surface area contributed by atoms with Gasteiger partial charge in [-0.15, -0.1) is 0 Å². The second kappa shape index (κ2) is 8.05. The van der Waals surface area contributed by atoms with Crippen molar-refractivity contribution in [2.24, 2.45) is 0 Å². The van der Waals surface area contributed by atoms with Gasteiger partial charge in [0.05, 0.1) is 16.2 Å². The van der Waals surface area contributed by atoms with Crippen molar-refractivity contribution in [1.29, 1.82) is 0 Å². The van der Waals surface area contributed by atoms with E-state index < -0.39 is 5.25 Å². The molecule has 2 amide bonds. The SMILES string of the molecule is CC(=O)Nc1ccc(NC(=O)C(C)Sc2nc3ccccc3c(=O)[nH]2)cc1. The van der Waals surface area contributed by atoms with Gasteiger partial charge >= 0.3 is 0 Å². The Morgan fingerprint density at radius 2 is 1.67 bits per heavy atom. The number of carbonyl (C=O) groups excluding carboxylic acids is 2. The number of anilines is 2. The first-order chi connectivity index (χ1) is 12.9. The maximum absolute atomic E-state index is 12.4. The van der Waals surface area contributed by atoms with Gasteiger partial charge in [-0.3, -0.25) is 14.4 Å². The van der Waals surface area contributed by atoms with Crippen LogP contribution >= 0.6 is 11.8 Å². The highest BCUT2D eigenvalue weighted by Gasteiger charge is 2.16. The molecule has 3 aromatic rings. The molecule has 1 unspecified atom stereocenters. The average Bonchev–Trinajstić information content (AvgIpc) is 2.63. The maximum Gasteiger partial charge on any atom is 0.259 e. The molecule has 3 N–H and O–H groups in total. The molecule has 0 aliphatic heterocycles. The van der Waals surface area contributed by atoms with Crippen LogP contribution in [0, 0.1) is 0 Å². The molecule has 3 rings (SSSR count). The van der Waals surface area contributed by atoms with Crippen LogP contribution in [0.5, 0.6) is 0 Å². The summed E-state index contributed by atoms with van der Waals surface area (Å²) in [6.07, 6.45) is 0. The lowest BCUT2D eigenvalue weighted by molar-refractivity contribution is -0.115. The van der Waals surface area contributed by atoms with Gasteiger partial charge < -0.3 is 15.6 Å². The van der Waals surface area contributed by atoms with Gasteiger partial charge in [0.25, 0.3) is 5.56 Å². The van der Waals surface area contributed by atoms with E-state index in [0.29, 0.717) is 27.4 Å². The van der Waals surface area contributed by atoms with Crippen LogP contribution in [-0.2, 0) is 9.59 Å². The fourth-order valence-electron chi connectivity index (χ4n) is 2.43. The molecule has 1 aromatic heterocycles. The third-order valence-corrected chi connectivity index (χ3v) is 4.71. The Hall–Kier alpha value is -3.13. The van der Waals surface area contributed by atoms with Crippen LogP contribution in [0.4, 0.5) is 11.4 Å². The van der Waals surface area contributed by atoms with Crippen molar-refractivity contribution in [2.45, 2.75) is 24.3 Å². The number of hydrogen-bond donors (Lipinski definition) is 3. The Labute approximate surface area is 159 Å². The first-order valence-corrected chi connectivity index (χ1v) is 9.14. The highest BCUT2D eigenvalue weighted by atomic mass is 32.2. The standard InChI is InChI=1S/C19H18N4O3S/c1-11(17(25)21-14-9-7-13(8-10-14)20-12(2)24)27-19-22-16-6-4-3-5-15(16)18(26)23-19/h3-11H,1-2H3,(H,20,24)(H,21,25)(H,22,23,26). The largest absolute Gasteiger partial charge is 0.326 e. The summed E-state index contributed by atoms with van der Waals surface area (Å²) in [5.74, 6) is -0.378. The van der Waals surface area contributed by atoms with Crippen LogP contribution in [0.25, 0.3) is 10.9 Å². The number of aromatic nitrogens is 2. The zero-order chi connectivity index (χ0) is 19.4. The molecule has 0 saturated carbocycles. The van der Waals surface area contributed by atoms with E-state index in [1.807, 2.05) is 6.07 Å². The minimum atomic E-state index is -0.468. The molecule has 0 saturated heterocycles. The summed E-state index contributed by atoms with van der Waals surface area (Å²) in [5, 5.41) is 5.90. The predicted molar refractivity (Wildman–Crippen MR) is 107 cm³/mol. The number of rotatable bonds is 5. The number of para-hydroxylation sites is 1. The number of nitrogens with one attached hydrogen (secondary N) is 3. The van der Waals surface area contributed by atoms with E-state index in [9.17, 15) is 14.4 Å². The van der Waals surface area contributed by atoms with E-state index in [0.717, 1.165) is 0 Å². The van der Waals surface area contributed by atoms with Gasteiger partial charge in [-0.2, -0.15) is 0 Å². The fourth-order valence-corrected chi connectivity index (χ4v) is 3.23. The average molecular weight is 382 g/mol. The Bertz CT molecular complexity index is 1050. The van der Waals surface area contributed by atoms with Crippen LogP contribution < -0.4 is 16.2 Å². The number of hydrogen-bond acceptors (Lipinski definition) is 5. The van der Waals surface area contributed by atoms with E-state index in [1.54, 1.807) is 49.4 Å². The van der Waals surface area contributed by atoms with E-state index in [1.165, 1.54) is 18.7 Å². The van der Waals surface area contributed by atoms with Crippen LogP contribution in [0.1, 0.15) is 13.8 Å². The Balaban J connectivity index is 1.67. The van der Waals surface area contributed by atoms with Gasteiger partial charge in [0.1, 0.15) is 0 Å². The van der Waals surface area contributed by atoms with Crippen molar-refractivity contribution in [3.05, 3.63) is 58.9 Å². The van der Waals surface area contributed by atoms with Crippen LogP contribution in [0.15, 0.2) is 58.5 Å². The molecular weight excluding hydrogens is 364 g/mol. The first kappa shape index (κ1) is 18.7. The normalized spacial score (nSPS) is 11.8. The number of H-pyrrole nitrogens is 1. The monoisotopic (exact) mass is 382 g/mol. The molecule has 7 nitrogen and oxygen atoms in total. The number of benzene rings is 2. The highest BCUT2D eigenvalue weighted by molar-refractivity contribution is 8.00. The number of fused-ring (bicyclic) bond motifs is 1. The molecule has 0 aliphatic carbocycles. The minimum Gasteiger partial charge on any atom is -0.326 e. The zero-order valence-electron chi connectivity index (χ0n) is 14.8. The summed E-state index contributed by atoms with van der Waals surface area (Å²) in [4.78, 5) is 42.6. The summed E-state index contributed by atoms with van der Waals surface area (Å²) in [6, 6.07) is 13.9. The molecule has 0 aliphatic rings. The molecule has 1 atom stereocenters. The first-order valence-electron chi connectivity index (χ1n) is 8.26. The fraction of sp³-hybridized carbons (Fsp3) is 0.158. The maximum atomic E-state index is 12.4. The molecule has 2 aromatic carbocycles. The topological polar surface area (TPSA) is 104 Å². The summed E-state index contributed by atoms with van der Waals surface area (Å²) < 4.78 is 0. The lowest BCUT2D eigenvalue weighted by Gasteiger charge is -2.12. The molecular formula is C19H18N4O3S. The molecule has 0 bridgehead atoms. The van der Waals surface area contributed by atoms with Crippen molar-refractivity contribution < 1.29 is 9.59 Å². The van der Waals surface area contributed by atoms with Crippen LogP contribution in [0.2, 0.25) is 0 Å². The number of aromatic amines is 1. The minimum absolute atomic E-state index is 0.159. The number of nitrogens with zero attached hydrogens (tertiary/aromatic N) is 1. The molecule has 1 heterocycles. The van der Waals surface area contributed by atoms with E-state index in [2.05, 4.69) is 20.6 Å². The summed E-state index contributed by atoms with van der Waals surface area (Å²) in [5.41, 5.74) is 1.62. The van der Waals surface area contributed by atoms with Crippen LogP contribution in [0.3, 0.4) is 0 Å². The van der Waals surface area contributed by atoms with Gasteiger partial charge in [-0.1, -0.05) is 23.9 Å². The predicted octanol–water partition coefficient (Wildman–Crippen LogP) is 3.00. The van der Waals surface area contributed by atoms with Crippen molar-refractivity contribution in [3.8, 4) is 0 Å². The third kappa shape index (κ3) is 4.73. The van der Waals surface area contributed by atoms with Crippen LogP contribution in [-0.4, -0.2) is 27.0 Å². The molecule has 138 valence electrons. The van der Waals surface area contributed by atoms with Crippen molar-refractivity contribution in [3.63, 3.8) is 0 Å². The molecule has 27 heavy (non-hydrogen) atoms. The summed E-state index contributed by atoms with van der Waals surface area (Å²) in [7, 11) is 0. The number of thioether (sulfide) groups is 1. The highest BCUT2D eigenvalue weighted by Crippen LogP contribution is 2.22.